The zero-order valence-electron chi connectivity index (χ0n) is 13.8. The quantitative estimate of drug-likeness (QED) is 0.688. The molecule has 0 spiro atoms. The molecule has 3 heteroatoms. The van der Waals surface area contributed by atoms with Crippen molar-refractivity contribution in [2.24, 2.45) is 0 Å². The van der Waals surface area contributed by atoms with Crippen molar-refractivity contribution in [1.29, 1.82) is 0 Å². The first-order valence-corrected chi connectivity index (χ1v) is 8.15. The first-order chi connectivity index (χ1) is 11.7. The molecule has 1 aromatic heterocycles. The molecule has 0 N–H and O–H groups in total. The van der Waals surface area contributed by atoms with Crippen LogP contribution in [0, 0.1) is 6.92 Å². The van der Waals surface area contributed by atoms with E-state index >= 15 is 0 Å². The van der Waals surface area contributed by atoms with Crippen molar-refractivity contribution in [2.75, 3.05) is 0 Å². The van der Waals surface area contributed by atoms with Crippen LogP contribution >= 0.6 is 0 Å². The second-order valence-electron chi connectivity index (χ2n) is 5.80. The van der Waals surface area contributed by atoms with E-state index in [1.165, 1.54) is 5.56 Å². The van der Waals surface area contributed by atoms with Crippen LogP contribution in [-0.2, 0) is 19.6 Å². The number of aromatic nitrogens is 1. The van der Waals surface area contributed by atoms with Crippen LogP contribution in [0.25, 0.3) is 0 Å². The zero-order chi connectivity index (χ0) is 16.8. The summed E-state index contributed by atoms with van der Waals surface area (Å²) < 4.78 is 7.89. The molecule has 3 nitrogen and oxygen atoms in total. The maximum atomic E-state index is 12.1. The molecule has 3 rings (SSSR count). The van der Waals surface area contributed by atoms with Crippen LogP contribution in [0.4, 0.5) is 0 Å². The van der Waals surface area contributed by atoms with E-state index in [2.05, 4.69) is 16.7 Å². The average molecular weight is 319 g/mol. The van der Waals surface area contributed by atoms with Crippen molar-refractivity contribution in [1.82, 2.24) is 4.57 Å². The van der Waals surface area contributed by atoms with Crippen LogP contribution in [0.3, 0.4) is 0 Å². The van der Waals surface area contributed by atoms with Gasteiger partial charge in [0.05, 0.1) is 5.69 Å². The number of hydrogen-bond acceptors (Lipinski definition) is 2. The topological polar surface area (TPSA) is 31.2 Å². The molecule has 0 amide bonds. The second kappa shape index (κ2) is 7.64. The highest BCUT2D eigenvalue weighted by Crippen LogP contribution is 2.15. The molecule has 1 heterocycles. The summed E-state index contributed by atoms with van der Waals surface area (Å²) >= 11 is 0. The zero-order valence-corrected chi connectivity index (χ0v) is 13.8. The second-order valence-corrected chi connectivity index (χ2v) is 5.80. The van der Waals surface area contributed by atoms with E-state index in [0.29, 0.717) is 12.4 Å². The van der Waals surface area contributed by atoms with Gasteiger partial charge in [-0.2, -0.15) is 0 Å². The van der Waals surface area contributed by atoms with Gasteiger partial charge in [-0.05, 0) is 24.5 Å². The predicted octanol–water partition coefficient (Wildman–Crippen LogP) is 3.98. The van der Waals surface area contributed by atoms with Gasteiger partial charge < -0.3 is 9.30 Å². The fourth-order valence-electron chi connectivity index (χ4n) is 2.70. The summed E-state index contributed by atoms with van der Waals surface area (Å²) in [7, 11) is 0. The Hall–Kier alpha value is -2.81. The Morgan fingerprint density at radius 3 is 2.17 bits per heavy atom. The fraction of sp³-hybridized carbons (Fsp3) is 0.190. The molecule has 0 bridgehead atoms. The van der Waals surface area contributed by atoms with Crippen molar-refractivity contribution in [2.45, 2.75) is 26.5 Å². The lowest BCUT2D eigenvalue weighted by atomic mass is 10.1. The molecule has 0 unspecified atom stereocenters. The van der Waals surface area contributed by atoms with Gasteiger partial charge in [-0.3, -0.25) is 4.79 Å². The largest absolute Gasteiger partial charge is 0.483 e. The Balaban J connectivity index is 1.73. The summed E-state index contributed by atoms with van der Waals surface area (Å²) in [6, 6.07) is 21.8. The van der Waals surface area contributed by atoms with Gasteiger partial charge in [0.15, 0.2) is 5.75 Å². The van der Waals surface area contributed by atoms with Crippen LogP contribution < -0.4 is 10.2 Å². The highest BCUT2D eigenvalue weighted by Gasteiger charge is 2.09. The van der Waals surface area contributed by atoms with Gasteiger partial charge in [0.25, 0.3) is 0 Å². The first-order valence-electron chi connectivity index (χ1n) is 8.15. The predicted molar refractivity (Wildman–Crippen MR) is 96.4 cm³/mol. The molecule has 122 valence electrons. The average Bonchev–Trinajstić information content (AvgIpc) is 2.63. The maximum Gasteiger partial charge on any atom is 0.223 e. The molecule has 0 aliphatic carbocycles. The lowest BCUT2D eigenvalue weighted by Crippen LogP contribution is -2.15. The van der Waals surface area contributed by atoms with Gasteiger partial charge in [-0.1, -0.05) is 60.7 Å². The minimum atomic E-state index is -0.0700. The molecular formula is C21H21NO2. The molecular weight excluding hydrogens is 298 g/mol. The Morgan fingerprint density at radius 2 is 1.50 bits per heavy atom. The highest BCUT2D eigenvalue weighted by molar-refractivity contribution is 5.28. The van der Waals surface area contributed by atoms with Crippen molar-refractivity contribution in [3.05, 3.63) is 100.0 Å². The van der Waals surface area contributed by atoms with E-state index in [1.54, 1.807) is 6.07 Å². The number of ether oxygens (including phenoxy) is 1. The van der Waals surface area contributed by atoms with Crippen molar-refractivity contribution < 1.29 is 4.74 Å². The summed E-state index contributed by atoms with van der Waals surface area (Å²) in [5.41, 5.74) is 3.13. The van der Waals surface area contributed by atoms with Crippen molar-refractivity contribution in [3.63, 3.8) is 0 Å². The number of hydrogen-bond donors (Lipinski definition) is 0. The molecule has 0 atom stereocenters. The van der Waals surface area contributed by atoms with Crippen LogP contribution in [0.15, 0.2) is 77.7 Å². The van der Waals surface area contributed by atoms with E-state index in [1.807, 2.05) is 61.7 Å². The van der Waals surface area contributed by atoms with Crippen LogP contribution in [0.5, 0.6) is 5.75 Å². The van der Waals surface area contributed by atoms with E-state index in [-0.39, 0.29) is 5.43 Å². The molecule has 2 aromatic carbocycles. The molecule has 0 saturated carbocycles. The highest BCUT2D eigenvalue weighted by atomic mass is 16.5. The Labute approximate surface area is 142 Å². The Morgan fingerprint density at radius 1 is 0.875 bits per heavy atom. The molecule has 3 aromatic rings. The van der Waals surface area contributed by atoms with E-state index in [0.717, 1.165) is 24.2 Å². The van der Waals surface area contributed by atoms with Crippen molar-refractivity contribution >= 4 is 0 Å². The molecule has 0 aliphatic rings. The van der Waals surface area contributed by atoms with Gasteiger partial charge in [0.1, 0.15) is 6.61 Å². The lowest BCUT2D eigenvalue weighted by molar-refractivity contribution is 0.297. The minimum Gasteiger partial charge on any atom is -0.483 e. The van der Waals surface area contributed by atoms with E-state index in [9.17, 15) is 4.79 Å². The summed E-state index contributed by atoms with van der Waals surface area (Å²) in [6.07, 6.45) is 2.76. The molecule has 24 heavy (non-hydrogen) atoms. The third-order valence-electron chi connectivity index (χ3n) is 4.10. The van der Waals surface area contributed by atoms with Crippen LogP contribution in [0.1, 0.15) is 16.8 Å². The van der Waals surface area contributed by atoms with Gasteiger partial charge >= 0.3 is 0 Å². The number of benzene rings is 2. The normalized spacial score (nSPS) is 10.5. The number of aryl methyl sites for hydroxylation is 2. The Bertz CT molecular complexity index is 839. The monoisotopic (exact) mass is 319 g/mol. The SMILES string of the molecule is Cc1c(OCc2ccccc2)c(=O)ccn1CCc1ccccc1. The lowest BCUT2D eigenvalue weighted by Gasteiger charge is -2.15. The third-order valence-corrected chi connectivity index (χ3v) is 4.10. The molecule has 0 radical (unpaired) electrons. The summed E-state index contributed by atoms with van der Waals surface area (Å²) in [5.74, 6) is 0.439. The van der Waals surface area contributed by atoms with Crippen LogP contribution in [0.2, 0.25) is 0 Å². The Kier molecular flexibility index (Phi) is 5.12. The molecule has 0 aliphatic heterocycles. The third kappa shape index (κ3) is 3.93. The number of pyridine rings is 1. The van der Waals surface area contributed by atoms with Crippen molar-refractivity contribution in [3.8, 4) is 5.75 Å². The maximum absolute atomic E-state index is 12.1. The summed E-state index contributed by atoms with van der Waals surface area (Å²) in [5, 5.41) is 0. The van der Waals surface area contributed by atoms with Gasteiger partial charge in [0.2, 0.25) is 5.43 Å². The summed E-state index contributed by atoms with van der Waals surface area (Å²) in [4.78, 5) is 12.1. The standard InChI is InChI=1S/C21H21NO2/c1-17-21(24-16-19-10-6-3-7-11-19)20(23)13-15-22(17)14-12-18-8-4-2-5-9-18/h2-11,13,15H,12,14,16H2,1H3. The van der Waals surface area contributed by atoms with Gasteiger partial charge in [-0.25, -0.2) is 0 Å². The van der Waals surface area contributed by atoms with Gasteiger partial charge in [-0.15, -0.1) is 0 Å². The smallest absolute Gasteiger partial charge is 0.223 e. The minimum absolute atomic E-state index is 0.0700. The number of rotatable bonds is 6. The number of nitrogens with zero attached hydrogens (tertiary/aromatic N) is 1. The molecule has 0 fully saturated rings. The molecule has 0 saturated heterocycles. The fourth-order valence-corrected chi connectivity index (χ4v) is 2.70. The van der Waals surface area contributed by atoms with E-state index < -0.39 is 0 Å². The summed E-state index contributed by atoms with van der Waals surface area (Å²) in [6.45, 7) is 3.16. The van der Waals surface area contributed by atoms with Crippen LogP contribution in [-0.4, -0.2) is 4.57 Å². The van der Waals surface area contributed by atoms with E-state index in [4.69, 9.17) is 4.74 Å². The van der Waals surface area contributed by atoms with Gasteiger partial charge in [0, 0.05) is 18.8 Å². The first kappa shape index (κ1) is 16.1.